The summed E-state index contributed by atoms with van der Waals surface area (Å²) in [6.07, 6.45) is 2.74. The molecule has 0 bridgehead atoms. The number of nitrogens with zero attached hydrogens (tertiary/aromatic N) is 2. The summed E-state index contributed by atoms with van der Waals surface area (Å²) in [5.74, 6) is 0.424. The van der Waals surface area contributed by atoms with Gasteiger partial charge in [0.05, 0.1) is 12.1 Å². The predicted octanol–water partition coefficient (Wildman–Crippen LogP) is 1.38. The van der Waals surface area contributed by atoms with Gasteiger partial charge in [-0.3, -0.25) is 14.9 Å². The van der Waals surface area contributed by atoms with Crippen LogP contribution in [0, 0.1) is 0 Å². The van der Waals surface area contributed by atoms with Crippen LogP contribution in [-0.4, -0.2) is 27.9 Å². The lowest BCUT2D eigenvalue weighted by molar-refractivity contribution is -0.122. The Balaban J connectivity index is 1.70. The van der Waals surface area contributed by atoms with E-state index in [-0.39, 0.29) is 24.2 Å². The molecule has 7 nitrogen and oxygen atoms in total. The molecule has 0 saturated carbocycles. The lowest BCUT2D eigenvalue weighted by Crippen LogP contribution is -2.34. The zero-order valence-corrected chi connectivity index (χ0v) is 11.9. The molecule has 1 aliphatic rings. The van der Waals surface area contributed by atoms with E-state index in [9.17, 15) is 9.59 Å². The Morgan fingerprint density at radius 3 is 2.91 bits per heavy atom. The quantitative estimate of drug-likeness (QED) is 0.893. The number of anilines is 2. The molecule has 2 amide bonds. The highest BCUT2D eigenvalue weighted by atomic mass is 16.5. The van der Waals surface area contributed by atoms with Gasteiger partial charge in [-0.05, 0) is 30.7 Å². The zero-order chi connectivity index (χ0) is 15.5. The van der Waals surface area contributed by atoms with Gasteiger partial charge in [0.1, 0.15) is 5.75 Å². The molecule has 0 radical (unpaired) electrons. The molecule has 0 saturated heterocycles. The molecule has 0 aliphatic carbocycles. The Morgan fingerprint density at radius 2 is 2.14 bits per heavy atom. The first-order chi connectivity index (χ1) is 10.6. The summed E-state index contributed by atoms with van der Waals surface area (Å²) >= 11 is 0. The molecular formula is C15H14N4O3. The van der Waals surface area contributed by atoms with Crippen molar-refractivity contribution < 1.29 is 14.3 Å². The number of benzene rings is 1. The smallest absolute Gasteiger partial charge is 0.265 e. The van der Waals surface area contributed by atoms with E-state index in [1.165, 1.54) is 0 Å². The van der Waals surface area contributed by atoms with Gasteiger partial charge in [0.25, 0.3) is 5.91 Å². The van der Waals surface area contributed by atoms with Gasteiger partial charge in [0, 0.05) is 12.4 Å². The first kappa shape index (κ1) is 14.0. The Kier molecular flexibility index (Phi) is 3.69. The summed E-state index contributed by atoms with van der Waals surface area (Å²) in [6.45, 7) is 1.68. The number of nitrogens with one attached hydrogen (secondary N) is 2. The first-order valence-corrected chi connectivity index (χ1v) is 6.79. The van der Waals surface area contributed by atoms with Crippen LogP contribution in [0.1, 0.15) is 12.5 Å². The van der Waals surface area contributed by atoms with Crippen LogP contribution in [0.25, 0.3) is 0 Å². The van der Waals surface area contributed by atoms with E-state index in [1.807, 2.05) is 0 Å². The molecule has 112 valence electrons. The van der Waals surface area contributed by atoms with Gasteiger partial charge >= 0.3 is 0 Å². The molecule has 7 heteroatoms. The highest BCUT2D eigenvalue weighted by Gasteiger charge is 2.23. The molecule has 2 N–H and O–H groups in total. The number of amides is 2. The minimum absolute atomic E-state index is 0.150. The fourth-order valence-electron chi connectivity index (χ4n) is 2.08. The molecule has 1 aromatic heterocycles. The normalized spacial score (nSPS) is 16.2. The van der Waals surface area contributed by atoms with Crippen molar-refractivity contribution in [3.8, 4) is 5.75 Å². The summed E-state index contributed by atoms with van der Waals surface area (Å²) < 4.78 is 5.47. The van der Waals surface area contributed by atoms with Gasteiger partial charge in [-0.25, -0.2) is 9.97 Å². The topological polar surface area (TPSA) is 93.2 Å². The molecule has 1 aromatic carbocycles. The third-order valence-electron chi connectivity index (χ3n) is 3.16. The summed E-state index contributed by atoms with van der Waals surface area (Å²) in [5, 5.41) is 5.36. The van der Waals surface area contributed by atoms with Gasteiger partial charge in [0.2, 0.25) is 11.9 Å². The fraction of sp³-hybridized carbons (Fsp3) is 0.200. The van der Waals surface area contributed by atoms with E-state index in [1.54, 1.807) is 43.6 Å². The molecule has 0 fully saturated rings. The number of hydrogen-bond donors (Lipinski definition) is 2. The minimum atomic E-state index is -0.517. The second-order valence-electron chi connectivity index (χ2n) is 4.88. The maximum absolute atomic E-state index is 12.0. The van der Waals surface area contributed by atoms with E-state index in [2.05, 4.69) is 20.6 Å². The van der Waals surface area contributed by atoms with Crippen LogP contribution in [-0.2, 0) is 16.0 Å². The lowest BCUT2D eigenvalue weighted by atomic mass is 10.1. The third kappa shape index (κ3) is 3.03. The number of carbonyl (C=O) groups is 2. The maximum Gasteiger partial charge on any atom is 0.265 e. The van der Waals surface area contributed by atoms with E-state index < -0.39 is 6.10 Å². The number of fused-ring (bicyclic) bond motifs is 1. The maximum atomic E-state index is 12.0. The molecule has 22 heavy (non-hydrogen) atoms. The van der Waals surface area contributed by atoms with Crippen molar-refractivity contribution in [3.63, 3.8) is 0 Å². The van der Waals surface area contributed by atoms with Crippen molar-refractivity contribution >= 4 is 23.5 Å². The molecule has 1 unspecified atom stereocenters. The summed E-state index contributed by atoms with van der Waals surface area (Å²) in [5.41, 5.74) is 1.33. The number of rotatable bonds is 3. The highest BCUT2D eigenvalue weighted by molar-refractivity contribution is 5.98. The highest BCUT2D eigenvalue weighted by Crippen LogP contribution is 2.30. The Bertz CT molecular complexity index is 718. The Labute approximate surface area is 126 Å². The molecular weight excluding hydrogens is 284 g/mol. The summed E-state index contributed by atoms with van der Waals surface area (Å²) in [6, 6.07) is 6.93. The third-order valence-corrected chi connectivity index (χ3v) is 3.16. The number of aromatic nitrogens is 2. The predicted molar refractivity (Wildman–Crippen MR) is 79.5 cm³/mol. The number of ether oxygens (including phenoxy) is 1. The van der Waals surface area contributed by atoms with Crippen LogP contribution in [0.5, 0.6) is 5.75 Å². The molecule has 3 rings (SSSR count). The number of hydrogen-bond acceptors (Lipinski definition) is 5. The summed E-state index contributed by atoms with van der Waals surface area (Å²) in [4.78, 5) is 31.4. The van der Waals surface area contributed by atoms with Crippen LogP contribution in [0.15, 0.2) is 36.7 Å². The number of carbonyl (C=O) groups excluding carboxylic acids is 2. The van der Waals surface area contributed by atoms with Gasteiger partial charge in [-0.15, -0.1) is 0 Å². The molecule has 1 aliphatic heterocycles. The van der Waals surface area contributed by atoms with Crippen molar-refractivity contribution in [1.82, 2.24) is 9.97 Å². The van der Waals surface area contributed by atoms with Gasteiger partial charge in [-0.2, -0.15) is 0 Å². The van der Waals surface area contributed by atoms with Crippen molar-refractivity contribution in [2.45, 2.75) is 19.4 Å². The van der Waals surface area contributed by atoms with E-state index in [0.29, 0.717) is 11.4 Å². The minimum Gasteiger partial charge on any atom is -0.479 e. The monoisotopic (exact) mass is 298 g/mol. The second-order valence-corrected chi connectivity index (χ2v) is 4.88. The van der Waals surface area contributed by atoms with Crippen LogP contribution < -0.4 is 15.4 Å². The fourth-order valence-corrected chi connectivity index (χ4v) is 2.08. The molecule has 2 aromatic rings. The zero-order valence-electron chi connectivity index (χ0n) is 11.9. The van der Waals surface area contributed by atoms with Gasteiger partial charge in [0.15, 0.2) is 6.10 Å². The largest absolute Gasteiger partial charge is 0.479 e. The molecule has 2 heterocycles. The SMILES string of the molecule is CC1Oc2ccc(CC(=O)Nc3ncccn3)cc2NC1=O. The van der Waals surface area contributed by atoms with Crippen LogP contribution in [0.3, 0.4) is 0 Å². The van der Waals surface area contributed by atoms with E-state index >= 15 is 0 Å². The van der Waals surface area contributed by atoms with Crippen LogP contribution >= 0.6 is 0 Å². The Hall–Kier alpha value is -2.96. The van der Waals surface area contributed by atoms with Crippen LogP contribution in [0.4, 0.5) is 11.6 Å². The van der Waals surface area contributed by atoms with E-state index in [4.69, 9.17) is 4.74 Å². The second kappa shape index (κ2) is 5.80. The average molecular weight is 298 g/mol. The van der Waals surface area contributed by atoms with Crippen molar-refractivity contribution in [3.05, 3.63) is 42.2 Å². The van der Waals surface area contributed by atoms with Crippen molar-refractivity contribution in [1.29, 1.82) is 0 Å². The van der Waals surface area contributed by atoms with Gasteiger partial charge < -0.3 is 10.1 Å². The first-order valence-electron chi connectivity index (χ1n) is 6.79. The molecule has 1 atom stereocenters. The van der Waals surface area contributed by atoms with Crippen molar-refractivity contribution in [2.24, 2.45) is 0 Å². The van der Waals surface area contributed by atoms with E-state index in [0.717, 1.165) is 5.56 Å². The standard InChI is InChI=1S/C15H14N4O3/c1-9-14(21)18-11-7-10(3-4-12(11)22-9)8-13(20)19-15-16-5-2-6-17-15/h2-7,9H,8H2,1H3,(H,18,21)(H,16,17,19,20). The average Bonchev–Trinajstić information content (AvgIpc) is 2.49. The van der Waals surface area contributed by atoms with Gasteiger partial charge in [-0.1, -0.05) is 6.07 Å². The van der Waals surface area contributed by atoms with Crippen molar-refractivity contribution in [2.75, 3.05) is 10.6 Å². The lowest BCUT2D eigenvalue weighted by Gasteiger charge is -2.23. The van der Waals surface area contributed by atoms with Crippen LogP contribution in [0.2, 0.25) is 0 Å². The summed E-state index contributed by atoms with van der Waals surface area (Å²) in [7, 11) is 0. The molecule has 0 spiro atoms. The Morgan fingerprint density at radius 1 is 1.36 bits per heavy atom.